The number of hydrogen-bond donors (Lipinski definition) is 1. The number of rotatable bonds is 3. The molecule has 1 fully saturated rings. The maximum atomic E-state index is 9.39. The molecule has 0 bridgehead atoms. The first-order valence-corrected chi connectivity index (χ1v) is 4.50. The number of aliphatic hydroxyl groups is 1. The zero-order chi connectivity index (χ0) is 9.03. The van der Waals surface area contributed by atoms with Gasteiger partial charge in [-0.3, -0.25) is 0 Å². The summed E-state index contributed by atoms with van der Waals surface area (Å²) in [6.45, 7) is 5.50. The first-order valence-electron chi connectivity index (χ1n) is 4.50. The van der Waals surface area contributed by atoms with E-state index in [1.54, 1.807) is 13.8 Å². The lowest BCUT2D eigenvalue weighted by Gasteiger charge is -2.26. The summed E-state index contributed by atoms with van der Waals surface area (Å²) in [7, 11) is 0. The van der Waals surface area contributed by atoms with Crippen molar-refractivity contribution in [2.45, 2.75) is 38.4 Å². The second-order valence-electron chi connectivity index (χ2n) is 3.94. The van der Waals surface area contributed by atoms with Crippen molar-refractivity contribution in [1.82, 2.24) is 0 Å². The molecule has 0 radical (unpaired) electrons. The van der Waals surface area contributed by atoms with Crippen molar-refractivity contribution in [1.29, 1.82) is 0 Å². The molecule has 1 N–H and O–H groups in total. The maximum Gasteiger partial charge on any atom is 0.0824 e. The smallest absolute Gasteiger partial charge is 0.0824 e. The van der Waals surface area contributed by atoms with E-state index in [4.69, 9.17) is 9.47 Å². The summed E-state index contributed by atoms with van der Waals surface area (Å²) in [4.78, 5) is 0. The van der Waals surface area contributed by atoms with Gasteiger partial charge < -0.3 is 14.6 Å². The van der Waals surface area contributed by atoms with Crippen LogP contribution in [0.3, 0.4) is 0 Å². The van der Waals surface area contributed by atoms with Gasteiger partial charge in [0.1, 0.15) is 0 Å². The molecule has 3 heteroatoms. The first kappa shape index (κ1) is 9.96. The van der Waals surface area contributed by atoms with Gasteiger partial charge in [-0.05, 0) is 26.7 Å². The molecule has 1 aliphatic heterocycles. The van der Waals surface area contributed by atoms with Crippen LogP contribution in [0.15, 0.2) is 0 Å². The van der Waals surface area contributed by atoms with Gasteiger partial charge in [0.15, 0.2) is 0 Å². The Morgan fingerprint density at radius 1 is 1.42 bits per heavy atom. The SMILES string of the molecule is CC(C)(O)COC1CCOCC1. The average molecular weight is 174 g/mol. The van der Waals surface area contributed by atoms with Gasteiger partial charge in [0.2, 0.25) is 0 Å². The van der Waals surface area contributed by atoms with E-state index in [9.17, 15) is 5.11 Å². The van der Waals surface area contributed by atoms with Gasteiger partial charge in [-0.25, -0.2) is 0 Å². The molecule has 0 amide bonds. The van der Waals surface area contributed by atoms with Crippen LogP contribution in [-0.4, -0.2) is 36.6 Å². The van der Waals surface area contributed by atoms with E-state index in [0.29, 0.717) is 6.61 Å². The van der Waals surface area contributed by atoms with Crippen molar-refractivity contribution >= 4 is 0 Å². The lowest BCUT2D eigenvalue weighted by atomic mass is 10.1. The van der Waals surface area contributed by atoms with Crippen LogP contribution in [0, 0.1) is 0 Å². The van der Waals surface area contributed by atoms with Crippen LogP contribution in [-0.2, 0) is 9.47 Å². The molecule has 0 aromatic rings. The van der Waals surface area contributed by atoms with E-state index < -0.39 is 5.60 Å². The van der Waals surface area contributed by atoms with Gasteiger partial charge in [0, 0.05) is 13.2 Å². The molecule has 12 heavy (non-hydrogen) atoms. The van der Waals surface area contributed by atoms with Crippen LogP contribution in [0.25, 0.3) is 0 Å². The fraction of sp³-hybridized carbons (Fsp3) is 1.00. The summed E-state index contributed by atoms with van der Waals surface area (Å²) in [6.07, 6.45) is 2.19. The van der Waals surface area contributed by atoms with Crippen LogP contribution in [0.2, 0.25) is 0 Å². The van der Waals surface area contributed by atoms with E-state index in [-0.39, 0.29) is 6.10 Å². The van der Waals surface area contributed by atoms with Crippen molar-refractivity contribution in [3.05, 3.63) is 0 Å². The third-order valence-electron chi connectivity index (χ3n) is 1.84. The molecule has 0 aromatic carbocycles. The fourth-order valence-corrected chi connectivity index (χ4v) is 1.16. The highest BCUT2D eigenvalue weighted by Crippen LogP contribution is 2.13. The van der Waals surface area contributed by atoms with Crippen LogP contribution in [0.5, 0.6) is 0 Å². The largest absolute Gasteiger partial charge is 0.388 e. The Balaban J connectivity index is 2.13. The van der Waals surface area contributed by atoms with Crippen molar-refractivity contribution in [3.63, 3.8) is 0 Å². The lowest BCUT2D eigenvalue weighted by Crippen LogP contribution is -2.32. The minimum absolute atomic E-state index is 0.283. The molecular weight excluding hydrogens is 156 g/mol. The monoisotopic (exact) mass is 174 g/mol. The zero-order valence-corrected chi connectivity index (χ0v) is 7.88. The molecule has 1 rings (SSSR count). The van der Waals surface area contributed by atoms with Crippen molar-refractivity contribution in [2.24, 2.45) is 0 Å². The Bertz CT molecular complexity index is 122. The standard InChI is InChI=1S/C9H18O3/c1-9(2,10)7-12-8-3-5-11-6-4-8/h8,10H,3-7H2,1-2H3. The van der Waals surface area contributed by atoms with Gasteiger partial charge in [-0.15, -0.1) is 0 Å². The topological polar surface area (TPSA) is 38.7 Å². The maximum absolute atomic E-state index is 9.39. The third kappa shape index (κ3) is 4.04. The Hall–Kier alpha value is -0.120. The Morgan fingerprint density at radius 2 is 2.00 bits per heavy atom. The molecule has 0 spiro atoms. The molecule has 1 heterocycles. The minimum atomic E-state index is -0.710. The van der Waals surface area contributed by atoms with Crippen LogP contribution in [0.4, 0.5) is 0 Å². The van der Waals surface area contributed by atoms with E-state index >= 15 is 0 Å². The van der Waals surface area contributed by atoms with E-state index in [0.717, 1.165) is 26.1 Å². The van der Waals surface area contributed by atoms with Gasteiger partial charge in [-0.1, -0.05) is 0 Å². The van der Waals surface area contributed by atoms with Crippen LogP contribution in [0.1, 0.15) is 26.7 Å². The normalized spacial score (nSPS) is 21.2. The predicted molar refractivity (Wildman–Crippen MR) is 46.1 cm³/mol. The summed E-state index contributed by atoms with van der Waals surface area (Å²) < 4.78 is 10.7. The molecule has 0 aliphatic carbocycles. The van der Waals surface area contributed by atoms with E-state index in [1.165, 1.54) is 0 Å². The zero-order valence-electron chi connectivity index (χ0n) is 7.88. The van der Waals surface area contributed by atoms with Gasteiger partial charge in [0.05, 0.1) is 18.3 Å². The Labute approximate surface area is 73.7 Å². The van der Waals surface area contributed by atoms with Gasteiger partial charge in [-0.2, -0.15) is 0 Å². The fourth-order valence-electron chi connectivity index (χ4n) is 1.16. The third-order valence-corrected chi connectivity index (χ3v) is 1.84. The first-order chi connectivity index (χ1) is 5.58. The van der Waals surface area contributed by atoms with Crippen molar-refractivity contribution in [3.8, 4) is 0 Å². The second kappa shape index (κ2) is 4.21. The summed E-state index contributed by atoms with van der Waals surface area (Å²) in [6, 6.07) is 0. The second-order valence-corrected chi connectivity index (χ2v) is 3.94. The molecule has 72 valence electrons. The van der Waals surface area contributed by atoms with Gasteiger partial charge in [0.25, 0.3) is 0 Å². The summed E-state index contributed by atoms with van der Waals surface area (Å²) in [5, 5.41) is 9.39. The predicted octanol–water partition coefficient (Wildman–Crippen LogP) is 0.953. The number of hydrogen-bond acceptors (Lipinski definition) is 3. The highest BCUT2D eigenvalue weighted by Gasteiger charge is 2.19. The summed E-state index contributed by atoms with van der Waals surface area (Å²) >= 11 is 0. The summed E-state index contributed by atoms with van der Waals surface area (Å²) in [5.74, 6) is 0. The van der Waals surface area contributed by atoms with Crippen LogP contribution >= 0.6 is 0 Å². The highest BCUT2D eigenvalue weighted by atomic mass is 16.5. The molecule has 0 unspecified atom stereocenters. The molecule has 0 atom stereocenters. The van der Waals surface area contributed by atoms with E-state index in [1.807, 2.05) is 0 Å². The molecule has 0 saturated carbocycles. The average Bonchev–Trinajstić information content (AvgIpc) is 2.02. The minimum Gasteiger partial charge on any atom is -0.388 e. The summed E-state index contributed by atoms with van der Waals surface area (Å²) in [5.41, 5.74) is -0.710. The number of ether oxygens (including phenoxy) is 2. The van der Waals surface area contributed by atoms with Gasteiger partial charge >= 0.3 is 0 Å². The molecule has 1 aliphatic rings. The highest BCUT2D eigenvalue weighted by molar-refractivity contribution is 4.67. The quantitative estimate of drug-likeness (QED) is 0.692. The van der Waals surface area contributed by atoms with E-state index in [2.05, 4.69) is 0 Å². The lowest BCUT2D eigenvalue weighted by molar-refractivity contribution is -0.0847. The van der Waals surface area contributed by atoms with Crippen molar-refractivity contribution in [2.75, 3.05) is 19.8 Å². The van der Waals surface area contributed by atoms with Crippen LogP contribution < -0.4 is 0 Å². The molecule has 1 saturated heterocycles. The Kier molecular flexibility index (Phi) is 3.50. The molecule has 3 nitrogen and oxygen atoms in total. The van der Waals surface area contributed by atoms with Crippen molar-refractivity contribution < 1.29 is 14.6 Å². The molecule has 0 aromatic heterocycles. The Morgan fingerprint density at radius 3 is 2.50 bits per heavy atom. The molecular formula is C9H18O3.